The number of rotatable bonds is 5. The highest BCUT2D eigenvalue weighted by atomic mass is 32.1. The molecule has 0 aromatic heterocycles. The Morgan fingerprint density at radius 3 is 2.65 bits per heavy atom. The van der Waals surface area contributed by atoms with Gasteiger partial charge >= 0.3 is 0 Å². The SMILES string of the molecule is S=C(NCC1CCCO1)N1CCN(CCc2ccccc2)CC1. The summed E-state index contributed by atoms with van der Waals surface area (Å²) >= 11 is 5.53. The van der Waals surface area contributed by atoms with Crippen LogP contribution in [0.4, 0.5) is 0 Å². The Morgan fingerprint density at radius 1 is 1.17 bits per heavy atom. The molecule has 2 fully saturated rings. The zero-order valence-electron chi connectivity index (χ0n) is 13.7. The Labute approximate surface area is 144 Å². The van der Waals surface area contributed by atoms with Crippen LogP contribution in [-0.4, -0.2) is 66.9 Å². The van der Waals surface area contributed by atoms with Gasteiger partial charge in [0, 0.05) is 45.9 Å². The summed E-state index contributed by atoms with van der Waals surface area (Å²) in [5.74, 6) is 0. The third-order valence-electron chi connectivity index (χ3n) is 4.72. The van der Waals surface area contributed by atoms with Crippen LogP contribution >= 0.6 is 12.2 Å². The van der Waals surface area contributed by atoms with Crippen molar-refractivity contribution in [1.82, 2.24) is 15.1 Å². The predicted octanol–water partition coefficient (Wildman–Crippen LogP) is 1.90. The Kier molecular flexibility index (Phi) is 6.25. The molecule has 0 bridgehead atoms. The molecule has 1 atom stereocenters. The van der Waals surface area contributed by atoms with Gasteiger partial charge in [0.15, 0.2) is 5.11 Å². The first-order valence-electron chi connectivity index (χ1n) is 8.72. The van der Waals surface area contributed by atoms with Gasteiger partial charge in [0.05, 0.1) is 6.10 Å². The molecular weight excluding hydrogens is 306 g/mol. The standard InChI is InChI=1S/C18H27N3OS/c23-18(19-15-17-7-4-14-22-17)21-12-10-20(11-13-21)9-8-16-5-2-1-3-6-16/h1-3,5-6,17H,4,7-15H2,(H,19,23). The molecule has 1 unspecified atom stereocenters. The quantitative estimate of drug-likeness (QED) is 0.831. The van der Waals surface area contributed by atoms with Crippen molar-refractivity contribution in [3.8, 4) is 0 Å². The molecule has 5 heteroatoms. The fraction of sp³-hybridized carbons (Fsp3) is 0.611. The van der Waals surface area contributed by atoms with Crippen LogP contribution in [0.15, 0.2) is 30.3 Å². The fourth-order valence-electron chi connectivity index (χ4n) is 3.22. The van der Waals surface area contributed by atoms with Gasteiger partial charge in [-0.2, -0.15) is 0 Å². The maximum Gasteiger partial charge on any atom is 0.169 e. The van der Waals surface area contributed by atoms with E-state index in [2.05, 4.69) is 45.4 Å². The van der Waals surface area contributed by atoms with E-state index in [0.29, 0.717) is 6.10 Å². The summed E-state index contributed by atoms with van der Waals surface area (Å²) in [6, 6.07) is 10.7. The lowest BCUT2D eigenvalue weighted by Crippen LogP contribution is -2.52. The molecule has 0 spiro atoms. The molecule has 0 aliphatic carbocycles. The Morgan fingerprint density at radius 2 is 1.96 bits per heavy atom. The van der Waals surface area contributed by atoms with Crippen LogP contribution in [0.1, 0.15) is 18.4 Å². The van der Waals surface area contributed by atoms with Crippen molar-refractivity contribution in [1.29, 1.82) is 0 Å². The fourth-order valence-corrected chi connectivity index (χ4v) is 3.49. The van der Waals surface area contributed by atoms with Crippen LogP contribution in [0.5, 0.6) is 0 Å². The molecule has 0 amide bonds. The van der Waals surface area contributed by atoms with Crippen LogP contribution in [-0.2, 0) is 11.2 Å². The smallest absolute Gasteiger partial charge is 0.169 e. The number of hydrogen-bond donors (Lipinski definition) is 1. The maximum atomic E-state index is 5.63. The highest BCUT2D eigenvalue weighted by Gasteiger charge is 2.20. The van der Waals surface area contributed by atoms with Crippen LogP contribution in [0.2, 0.25) is 0 Å². The zero-order valence-corrected chi connectivity index (χ0v) is 14.6. The van der Waals surface area contributed by atoms with Crippen LogP contribution < -0.4 is 5.32 Å². The van der Waals surface area contributed by atoms with E-state index in [9.17, 15) is 0 Å². The van der Waals surface area contributed by atoms with Gasteiger partial charge in [0.2, 0.25) is 0 Å². The first-order chi connectivity index (χ1) is 11.3. The second-order valence-corrected chi connectivity index (χ2v) is 6.77. The van der Waals surface area contributed by atoms with E-state index in [0.717, 1.165) is 63.8 Å². The number of ether oxygens (including phenoxy) is 1. The molecule has 1 aromatic rings. The van der Waals surface area contributed by atoms with Gasteiger partial charge in [-0.05, 0) is 37.0 Å². The highest BCUT2D eigenvalue weighted by molar-refractivity contribution is 7.80. The number of nitrogens with one attached hydrogen (secondary N) is 1. The van der Waals surface area contributed by atoms with Crippen LogP contribution in [0.25, 0.3) is 0 Å². The van der Waals surface area contributed by atoms with E-state index in [4.69, 9.17) is 17.0 Å². The number of thiocarbonyl (C=S) groups is 1. The number of benzene rings is 1. The summed E-state index contributed by atoms with van der Waals surface area (Å²) in [4.78, 5) is 4.83. The van der Waals surface area contributed by atoms with Crippen molar-refractivity contribution in [2.24, 2.45) is 0 Å². The first-order valence-corrected chi connectivity index (χ1v) is 9.13. The Bertz CT molecular complexity index is 482. The minimum absolute atomic E-state index is 0.347. The molecule has 23 heavy (non-hydrogen) atoms. The predicted molar refractivity (Wildman–Crippen MR) is 97.7 cm³/mol. The summed E-state index contributed by atoms with van der Waals surface area (Å²) in [6.07, 6.45) is 3.81. The van der Waals surface area contributed by atoms with E-state index in [-0.39, 0.29) is 0 Å². The third-order valence-corrected chi connectivity index (χ3v) is 5.13. The largest absolute Gasteiger partial charge is 0.376 e. The molecule has 2 heterocycles. The van der Waals surface area contributed by atoms with Gasteiger partial charge in [-0.25, -0.2) is 0 Å². The van der Waals surface area contributed by atoms with Crippen molar-refractivity contribution in [2.45, 2.75) is 25.4 Å². The minimum atomic E-state index is 0.347. The van der Waals surface area contributed by atoms with E-state index in [1.54, 1.807) is 0 Å². The van der Waals surface area contributed by atoms with Crippen molar-refractivity contribution in [3.05, 3.63) is 35.9 Å². The van der Waals surface area contributed by atoms with Crippen LogP contribution in [0, 0.1) is 0 Å². The van der Waals surface area contributed by atoms with E-state index >= 15 is 0 Å². The van der Waals surface area contributed by atoms with E-state index in [1.165, 1.54) is 12.0 Å². The average molecular weight is 334 g/mol. The number of piperazine rings is 1. The Hall–Kier alpha value is -1.17. The topological polar surface area (TPSA) is 27.7 Å². The minimum Gasteiger partial charge on any atom is -0.376 e. The molecule has 0 saturated carbocycles. The molecule has 0 radical (unpaired) electrons. The molecule has 2 aliphatic heterocycles. The molecule has 1 aromatic carbocycles. The molecule has 3 rings (SSSR count). The lowest BCUT2D eigenvalue weighted by atomic mass is 10.1. The normalized spacial score (nSPS) is 22.3. The van der Waals surface area contributed by atoms with Crippen molar-refractivity contribution < 1.29 is 4.74 Å². The third kappa shape index (κ3) is 5.16. The van der Waals surface area contributed by atoms with Gasteiger partial charge in [-0.3, -0.25) is 4.90 Å². The van der Waals surface area contributed by atoms with Gasteiger partial charge in [0.25, 0.3) is 0 Å². The second-order valence-electron chi connectivity index (χ2n) is 6.39. The van der Waals surface area contributed by atoms with Gasteiger partial charge < -0.3 is 15.0 Å². The van der Waals surface area contributed by atoms with Crippen molar-refractivity contribution in [3.63, 3.8) is 0 Å². The maximum absolute atomic E-state index is 5.63. The zero-order chi connectivity index (χ0) is 15.9. The Balaban J connectivity index is 1.33. The summed E-state index contributed by atoms with van der Waals surface area (Å²) < 4.78 is 5.63. The van der Waals surface area contributed by atoms with Gasteiger partial charge in [-0.1, -0.05) is 30.3 Å². The van der Waals surface area contributed by atoms with Gasteiger partial charge in [-0.15, -0.1) is 0 Å². The van der Waals surface area contributed by atoms with Crippen LogP contribution in [0.3, 0.4) is 0 Å². The van der Waals surface area contributed by atoms with E-state index in [1.807, 2.05) is 0 Å². The number of hydrogen-bond acceptors (Lipinski definition) is 3. The van der Waals surface area contributed by atoms with E-state index < -0.39 is 0 Å². The highest BCUT2D eigenvalue weighted by Crippen LogP contribution is 2.11. The monoisotopic (exact) mass is 333 g/mol. The summed E-state index contributed by atoms with van der Waals surface area (Å²) in [5.41, 5.74) is 1.42. The molecule has 4 nitrogen and oxygen atoms in total. The summed E-state index contributed by atoms with van der Waals surface area (Å²) in [7, 11) is 0. The summed E-state index contributed by atoms with van der Waals surface area (Å²) in [5, 5.41) is 4.27. The number of nitrogens with zero attached hydrogens (tertiary/aromatic N) is 2. The molecule has 1 N–H and O–H groups in total. The molecule has 2 aliphatic rings. The van der Waals surface area contributed by atoms with Crippen molar-refractivity contribution >= 4 is 17.3 Å². The molecule has 126 valence electrons. The molecular formula is C18H27N3OS. The first kappa shape index (κ1) is 16.7. The lowest BCUT2D eigenvalue weighted by Gasteiger charge is -2.36. The lowest BCUT2D eigenvalue weighted by molar-refractivity contribution is 0.112. The second kappa shape index (κ2) is 8.62. The van der Waals surface area contributed by atoms with Crippen molar-refractivity contribution in [2.75, 3.05) is 45.9 Å². The summed E-state index contributed by atoms with van der Waals surface area (Å²) in [6.45, 7) is 7.11. The van der Waals surface area contributed by atoms with Gasteiger partial charge in [0.1, 0.15) is 0 Å². The molecule has 2 saturated heterocycles. The average Bonchev–Trinajstić information content (AvgIpc) is 3.13.